The van der Waals surface area contributed by atoms with Gasteiger partial charge in [0, 0.05) is 24.9 Å². The van der Waals surface area contributed by atoms with Gasteiger partial charge in [-0.2, -0.15) is 0 Å². The SMILES string of the molecule is COC(=O)[C@@H]1CN(C(=O)/C=C/c2cn(Cc3ccccc3)nn2)CCS1. The standard InChI is InChI=1S/C18H20N4O3S/c1-25-18(24)16-13-21(9-10-26-16)17(23)8-7-15-12-22(20-19-15)11-14-5-3-2-4-6-14/h2-8,12,16H,9-11,13H2,1H3/b8-7+/t16-/m0/s1. The van der Waals surface area contributed by atoms with Crippen molar-refractivity contribution in [1.29, 1.82) is 0 Å². The van der Waals surface area contributed by atoms with E-state index in [4.69, 9.17) is 4.74 Å². The van der Waals surface area contributed by atoms with Crippen LogP contribution in [0.5, 0.6) is 0 Å². The molecule has 0 bridgehead atoms. The van der Waals surface area contributed by atoms with E-state index in [9.17, 15) is 9.59 Å². The normalized spacial score (nSPS) is 17.4. The molecular formula is C18H20N4O3S. The van der Waals surface area contributed by atoms with Crippen LogP contribution in [0.25, 0.3) is 6.08 Å². The highest BCUT2D eigenvalue weighted by molar-refractivity contribution is 8.00. The summed E-state index contributed by atoms with van der Waals surface area (Å²) in [6.45, 7) is 1.60. The van der Waals surface area contributed by atoms with Crippen molar-refractivity contribution in [3.63, 3.8) is 0 Å². The van der Waals surface area contributed by atoms with Gasteiger partial charge < -0.3 is 9.64 Å². The summed E-state index contributed by atoms with van der Waals surface area (Å²) in [5, 5.41) is 7.82. The van der Waals surface area contributed by atoms with Gasteiger partial charge in [0.2, 0.25) is 5.91 Å². The number of amides is 1. The molecule has 0 unspecified atom stereocenters. The molecule has 8 heteroatoms. The molecule has 1 fully saturated rings. The van der Waals surface area contributed by atoms with Gasteiger partial charge in [-0.25, -0.2) is 4.68 Å². The van der Waals surface area contributed by atoms with Crippen LogP contribution in [0.4, 0.5) is 0 Å². The molecule has 3 rings (SSSR count). The van der Waals surface area contributed by atoms with Crippen molar-refractivity contribution >= 4 is 29.7 Å². The number of hydrogen-bond acceptors (Lipinski definition) is 6. The average molecular weight is 372 g/mol. The molecule has 0 spiro atoms. The van der Waals surface area contributed by atoms with Crippen LogP contribution < -0.4 is 0 Å². The zero-order chi connectivity index (χ0) is 18.4. The van der Waals surface area contributed by atoms with Gasteiger partial charge in [0.1, 0.15) is 10.9 Å². The Labute approximate surface area is 156 Å². The number of carbonyl (C=O) groups is 2. The van der Waals surface area contributed by atoms with Crippen LogP contribution in [0.2, 0.25) is 0 Å². The van der Waals surface area contributed by atoms with E-state index in [-0.39, 0.29) is 17.1 Å². The molecular weight excluding hydrogens is 352 g/mol. The molecule has 2 heterocycles. The van der Waals surface area contributed by atoms with Crippen molar-refractivity contribution in [3.05, 3.63) is 53.9 Å². The number of ether oxygens (including phenoxy) is 1. The predicted molar refractivity (Wildman–Crippen MR) is 99.4 cm³/mol. The summed E-state index contributed by atoms with van der Waals surface area (Å²) in [7, 11) is 1.36. The van der Waals surface area contributed by atoms with Crippen LogP contribution in [-0.2, 0) is 20.9 Å². The molecule has 1 aliphatic heterocycles. The minimum Gasteiger partial charge on any atom is -0.468 e. The van der Waals surface area contributed by atoms with Gasteiger partial charge in [0.05, 0.1) is 19.9 Å². The van der Waals surface area contributed by atoms with E-state index in [1.165, 1.54) is 24.9 Å². The van der Waals surface area contributed by atoms with E-state index in [1.54, 1.807) is 21.9 Å². The molecule has 2 aromatic rings. The largest absolute Gasteiger partial charge is 0.468 e. The van der Waals surface area contributed by atoms with Gasteiger partial charge in [0.15, 0.2) is 0 Å². The maximum Gasteiger partial charge on any atom is 0.320 e. The summed E-state index contributed by atoms with van der Waals surface area (Å²) >= 11 is 1.52. The lowest BCUT2D eigenvalue weighted by Crippen LogP contribution is -2.44. The fourth-order valence-corrected chi connectivity index (χ4v) is 3.75. The molecule has 1 saturated heterocycles. The number of nitrogens with zero attached hydrogens (tertiary/aromatic N) is 4. The highest BCUT2D eigenvalue weighted by Crippen LogP contribution is 2.20. The van der Waals surface area contributed by atoms with E-state index in [0.29, 0.717) is 31.1 Å². The van der Waals surface area contributed by atoms with Crippen LogP contribution in [0.15, 0.2) is 42.6 Å². The van der Waals surface area contributed by atoms with E-state index in [1.807, 2.05) is 30.3 Å². The van der Waals surface area contributed by atoms with Gasteiger partial charge in [0.25, 0.3) is 0 Å². The quantitative estimate of drug-likeness (QED) is 0.584. The first-order valence-corrected chi connectivity index (χ1v) is 9.31. The van der Waals surface area contributed by atoms with Crippen LogP contribution in [-0.4, -0.2) is 63.0 Å². The van der Waals surface area contributed by atoms with E-state index in [0.717, 1.165) is 5.56 Å². The highest BCUT2D eigenvalue weighted by Gasteiger charge is 2.28. The molecule has 1 atom stereocenters. The Morgan fingerprint density at radius 3 is 2.92 bits per heavy atom. The minimum absolute atomic E-state index is 0.142. The van der Waals surface area contributed by atoms with E-state index in [2.05, 4.69) is 10.3 Å². The number of benzene rings is 1. The van der Waals surface area contributed by atoms with Crippen LogP contribution in [0, 0.1) is 0 Å². The predicted octanol–water partition coefficient (Wildman–Crippen LogP) is 1.46. The molecule has 0 radical (unpaired) electrons. The molecule has 136 valence electrons. The van der Waals surface area contributed by atoms with Crippen molar-refractivity contribution in [2.75, 3.05) is 26.0 Å². The molecule has 1 aliphatic rings. The number of carbonyl (C=O) groups excluding carboxylic acids is 2. The molecule has 0 aliphatic carbocycles. The van der Waals surface area contributed by atoms with Crippen molar-refractivity contribution in [1.82, 2.24) is 19.9 Å². The second-order valence-corrected chi connectivity index (χ2v) is 7.14. The lowest BCUT2D eigenvalue weighted by atomic mass is 10.2. The van der Waals surface area contributed by atoms with Gasteiger partial charge in [-0.05, 0) is 11.6 Å². The molecule has 1 amide bonds. The maximum absolute atomic E-state index is 12.3. The molecule has 0 N–H and O–H groups in total. The van der Waals surface area contributed by atoms with Gasteiger partial charge >= 0.3 is 5.97 Å². The number of thioether (sulfide) groups is 1. The second kappa shape index (κ2) is 8.66. The molecule has 26 heavy (non-hydrogen) atoms. The summed E-state index contributed by atoms with van der Waals surface area (Å²) in [5.74, 6) is 0.282. The number of esters is 1. The lowest BCUT2D eigenvalue weighted by molar-refractivity contribution is -0.140. The molecule has 7 nitrogen and oxygen atoms in total. The van der Waals surface area contributed by atoms with Crippen LogP contribution >= 0.6 is 11.8 Å². The Bertz CT molecular complexity index is 791. The number of methoxy groups -OCH3 is 1. The second-order valence-electron chi connectivity index (χ2n) is 5.83. The maximum atomic E-state index is 12.3. The first-order valence-electron chi connectivity index (χ1n) is 8.26. The molecule has 1 aromatic carbocycles. The van der Waals surface area contributed by atoms with E-state index >= 15 is 0 Å². The third-order valence-corrected chi connectivity index (χ3v) is 5.14. The fraction of sp³-hybridized carbons (Fsp3) is 0.333. The van der Waals surface area contributed by atoms with Crippen LogP contribution in [0.3, 0.4) is 0 Å². The molecule has 1 aromatic heterocycles. The Hall–Kier alpha value is -2.61. The number of hydrogen-bond donors (Lipinski definition) is 0. The summed E-state index contributed by atoms with van der Waals surface area (Å²) in [4.78, 5) is 25.7. The Balaban J connectivity index is 1.57. The van der Waals surface area contributed by atoms with Crippen molar-refractivity contribution in [2.45, 2.75) is 11.8 Å². The summed E-state index contributed by atoms with van der Waals surface area (Å²) in [6, 6.07) is 9.96. The zero-order valence-corrected chi connectivity index (χ0v) is 15.3. The summed E-state index contributed by atoms with van der Waals surface area (Å²) < 4.78 is 6.49. The first kappa shape index (κ1) is 18.2. The van der Waals surface area contributed by atoms with Crippen molar-refractivity contribution in [2.24, 2.45) is 0 Å². The van der Waals surface area contributed by atoms with Crippen molar-refractivity contribution in [3.8, 4) is 0 Å². The van der Waals surface area contributed by atoms with Crippen molar-refractivity contribution < 1.29 is 14.3 Å². The minimum atomic E-state index is -0.321. The smallest absolute Gasteiger partial charge is 0.320 e. The zero-order valence-electron chi connectivity index (χ0n) is 14.4. The molecule has 0 saturated carbocycles. The Kier molecular flexibility index (Phi) is 6.06. The topological polar surface area (TPSA) is 77.3 Å². The van der Waals surface area contributed by atoms with Gasteiger partial charge in [-0.1, -0.05) is 35.5 Å². The third kappa shape index (κ3) is 4.72. The average Bonchev–Trinajstić information content (AvgIpc) is 3.13. The van der Waals surface area contributed by atoms with Crippen LogP contribution in [0.1, 0.15) is 11.3 Å². The Morgan fingerprint density at radius 2 is 2.15 bits per heavy atom. The summed E-state index contributed by atoms with van der Waals surface area (Å²) in [5.41, 5.74) is 1.74. The number of rotatable bonds is 5. The fourth-order valence-electron chi connectivity index (χ4n) is 2.62. The monoisotopic (exact) mass is 372 g/mol. The van der Waals surface area contributed by atoms with Gasteiger partial charge in [-0.3, -0.25) is 9.59 Å². The summed E-state index contributed by atoms with van der Waals surface area (Å²) in [6.07, 6.45) is 4.91. The Morgan fingerprint density at radius 1 is 1.35 bits per heavy atom. The van der Waals surface area contributed by atoms with Gasteiger partial charge in [-0.15, -0.1) is 16.9 Å². The third-order valence-electron chi connectivity index (χ3n) is 3.98. The lowest BCUT2D eigenvalue weighted by Gasteiger charge is -2.30. The number of aromatic nitrogens is 3. The first-order chi connectivity index (χ1) is 12.7. The van der Waals surface area contributed by atoms with E-state index < -0.39 is 0 Å². The highest BCUT2D eigenvalue weighted by atomic mass is 32.2.